The third-order valence-corrected chi connectivity index (χ3v) is 5.57. The second-order valence-corrected chi connectivity index (χ2v) is 8.55. The first kappa shape index (κ1) is 24.7. The smallest absolute Gasteiger partial charge is 0.412 e. The lowest BCUT2D eigenvalue weighted by Crippen LogP contribution is -2.29. The van der Waals surface area contributed by atoms with Crippen molar-refractivity contribution >= 4 is 28.5 Å². The molecule has 0 saturated heterocycles. The molecule has 0 heterocycles. The Bertz CT molecular complexity index is 1200. The predicted octanol–water partition coefficient (Wildman–Crippen LogP) is 5.84. The van der Waals surface area contributed by atoms with Crippen LogP contribution in [0.4, 0.5) is 14.9 Å². The molecule has 0 aliphatic heterocycles. The molecule has 0 unspecified atom stereocenters. The Kier molecular flexibility index (Phi) is 7.86. The number of carbonyl (C=O) groups is 2. The topological polar surface area (TPSA) is 108 Å². The number of phenols is 1. The lowest BCUT2D eigenvalue weighted by molar-refractivity contribution is -0.124. The van der Waals surface area contributed by atoms with Gasteiger partial charge in [-0.25, -0.2) is 14.7 Å². The first-order valence-corrected chi connectivity index (χ1v) is 10.8. The lowest BCUT2D eigenvalue weighted by atomic mass is 9.78. The molecule has 0 aromatic heterocycles. The van der Waals surface area contributed by atoms with E-state index in [9.17, 15) is 19.1 Å². The summed E-state index contributed by atoms with van der Waals surface area (Å²) in [5.41, 5.74) is 1.79. The summed E-state index contributed by atoms with van der Waals surface area (Å²) >= 11 is 0. The van der Waals surface area contributed by atoms with Crippen molar-refractivity contribution < 1.29 is 29.0 Å². The molecule has 3 aromatic rings. The highest BCUT2D eigenvalue weighted by Crippen LogP contribution is 2.41. The average molecular weight is 467 g/mol. The van der Waals surface area contributed by atoms with Gasteiger partial charge in [-0.3, -0.25) is 15.3 Å². The van der Waals surface area contributed by atoms with E-state index in [-0.39, 0.29) is 0 Å². The van der Waals surface area contributed by atoms with E-state index in [1.54, 1.807) is 12.1 Å². The Labute approximate surface area is 196 Å². The highest BCUT2D eigenvalue weighted by Gasteiger charge is 2.34. The average Bonchev–Trinajstić information content (AvgIpc) is 2.82. The quantitative estimate of drug-likeness (QED) is 0.189. The Morgan fingerprint density at radius 3 is 2.59 bits per heavy atom. The van der Waals surface area contributed by atoms with Gasteiger partial charge in [-0.2, -0.15) is 0 Å². The molecule has 178 valence electrons. The van der Waals surface area contributed by atoms with Crippen LogP contribution >= 0.6 is 0 Å². The molecule has 2 amide bonds. The Balaban J connectivity index is 1.84. The first-order valence-electron chi connectivity index (χ1n) is 10.8. The van der Waals surface area contributed by atoms with Crippen molar-refractivity contribution in [3.8, 4) is 5.75 Å². The maximum Gasteiger partial charge on any atom is 0.412 e. The molecule has 0 spiro atoms. The fourth-order valence-corrected chi connectivity index (χ4v) is 3.76. The van der Waals surface area contributed by atoms with Gasteiger partial charge in [-0.05, 0) is 42.0 Å². The van der Waals surface area contributed by atoms with Crippen molar-refractivity contribution in [3.63, 3.8) is 0 Å². The van der Waals surface area contributed by atoms with Gasteiger partial charge in [0.05, 0.1) is 5.69 Å². The summed E-state index contributed by atoms with van der Waals surface area (Å²) in [5.74, 6) is -1.98. The highest BCUT2D eigenvalue weighted by molar-refractivity contribution is 6.00. The molecule has 34 heavy (non-hydrogen) atoms. The summed E-state index contributed by atoms with van der Waals surface area (Å²) in [7, 11) is 0. The van der Waals surface area contributed by atoms with Crippen LogP contribution in [0.2, 0.25) is 0 Å². The van der Waals surface area contributed by atoms with Crippen LogP contribution in [0.3, 0.4) is 0 Å². The van der Waals surface area contributed by atoms with Crippen LogP contribution in [0.25, 0.3) is 10.8 Å². The largest absolute Gasteiger partial charge is 0.505 e. The molecule has 0 radical (unpaired) electrons. The molecular weight excluding hydrogens is 439 g/mol. The number of fused-ring (bicyclic) bond motifs is 1. The predicted molar refractivity (Wildman–Crippen MR) is 127 cm³/mol. The fraction of sp³-hybridized carbons (Fsp3) is 0.231. The molecule has 3 aromatic carbocycles. The van der Waals surface area contributed by atoms with Gasteiger partial charge in [0.1, 0.15) is 6.10 Å². The summed E-state index contributed by atoms with van der Waals surface area (Å²) in [5, 5.41) is 22.8. The summed E-state index contributed by atoms with van der Waals surface area (Å²) in [6.45, 7) is 3.71. The van der Waals surface area contributed by atoms with Crippen molar-refractivity contribution in [1.82, 2.24) is 5.48 Å². The minimum atomic E-state index is -0.863. The monoisotopic (exact) mass is 466 g/mol. The van der Waals surface area contributed by atoms with E-state index in [2.05, 4.69) is 5.32 Å². The number of nitrogens with one attached hydrogen (secondary N) is 2. The van der Waals surface area contributed by atoms with Crippen molar-refractivity contribution in [2.45, 2.75) is 32.8 Å². The van der Waals surface area contributed by atoms with Gasteiger partial charge in [-0.15, -0.1) is 0 Å². The van der Waals surface area contributed by atoms with Gasteiger partial charge in [0.15, 0.2) is 11.6 Å². The van der Waals surface area contributed by atoms with Crippen molar-refractivity contribution in [3.05, 3.63) is 84.2 Å². The van der Waals surface area contributed by atoms with E-state index in [4.69, 9.17) is 9.94 Å². The summed E-state index contributed by atoms with van der Waals surface area (Å²) < 4.78 is 19.9. The molecule has 0 saturated carbocycles. The maximum absolute atomic E-state index is 14.1. The minimum Gasteiger partial charge on any atom is -0.505 e. The normalized spacial score (nSPS) is 12.5. The number of hydrogen-bond acceptors (Lipinski definition) is 5. The third-order valence-electron chi connectivity index (χ3n) is 5.57. The third kappa shape index (κ3) is 6.11. The number of amides is 2. The molecule has 0 fully saturated rings. The Hall–Kier alpha value is -3.91. The van der Waals surface area contributed by atoms with E-state index >= 15 is 0 Å². The molecule has 0 aliphatic rings. The maximum atomic E-state index is 14.1. The van der Waals surface area contributed by atoms with Crippen LogP contribution < -0.4 is 10.8 Å². The summed E-state index contributed by atoms with van der Waals surface area (Å²) in [6, 6.07) is 17.0. The zero-order valence-electron chi connectivity index (χ0n) is 18.9. The minimum absolute atomic E-state index is 0.380. The summed E-state index contributed by atoms with van der Waals surface area (Å²) in [4.78, 5) is 24.1. The number of rotatable bonds is 8. The van der Waals surface area contributed by atoms with Gasteiger partial charge in [0.2, 0.25) is 0 Å². The molecule has 7 nitrogen and oxygen atoms in total. The first-order chi connectivity index (χ1) is 16.2. The van der Waals surface area contributed by atoms with Crippen LogP contribution in [-0.2, 0) is 9.53 Å². The van der Waals surface area contributed by atoms with E-state index in [1.165, 1.54) is 23.7 Å². The molecule has 4 N–H and O–H groups in total. The van der Waals surface area contributed by atoms with Crippen LogP contribution in [0.5, 0.6) is 5.75 Å². The number of carbonyl (C=O) groups excluding carboxylic acids is 2. The molecule has 1 atom stereocenters. The van der Waals surface area contributed by atoms with Crippen molar-refractivity contribution in [2.24, 2.45) is 5.41 Å². The number of halogens is 1. The van der Waals surface area contributed by atoms with Gasteiger partial charge >= 0.3 is 6.09 Å². The van der Waals surface area contributed by atoms with Crippen LogP contribution in [0.1, 0.15) is 38.4 Å². The zero-order valence-corrected chi connectivity index (χ0v) is 18.9. The number of anilines is 1. The Morgan fingerprint density at radius 2 is 1.85 bits per heavy atom. The fourth-order valence-electron chi connectivity index (χ4n) is 3.76. The number of aromatic hydroxyl groups is 1. The van der Waals surface area contributed by atoms with Crippen molar-refractivity contribution in [2.75, 3.05) is 5.32 Å². The number of hydrogen-bond donors (Lipinski definition) is 4. The zero-order chi connectivity index (χ0) is 24.7. The van der Waals surface area contributed by atoms with Gasteiger partial charge in [0, 0.05) is 16.9 Å². The number of hydroxylamine groups is 1. The number of allylic oxidation sites excluding steroid dienone is 1. The second-order valence-electron chi connectivity index (χ2n) is 8.55. The lowest BCUT2D eigenvalue weighted by Gasteiger charge is -2.34. The molecule has 0 aliphatic carbocycles. The van der Waals surface area contributed by atoms with Crippen LogP contribution in [-0.4, -0.2) is 22.3 Å². The van der Waals surface area contributed by atoms with E-state index in [0.29, 0.717) is 24.1 Å². The molecule has 8 heteroatoms. The van der Waals surface area contributed by atoms with Gasteiger partial charge < -0.3 is 9.84 Å². The second kappa shape index (κ2) is 10.8. The number of benzene rings is 3. The summed E-state index contributed by atoms with van der Waals surface area (Å²) in [6.07, 6.45) is 2.11. The SMILES string of the molecule is CC(C)(CC/C=C/C(=O)NO)[C@@H](OC(=O)Nc1cccc2ccccc12)c1ccc(O)c(F)c1. The molecular formula is C26H27FN2O5. The van der Waals surface area contributed by atoms with Crippen LogP contribution in [0.15, 0.2) is 72.8 Å². The van der Waals surface area contributed by atoms with Gasteiger partial charge in [0.25, 0.3) is 5.91 Å². The van der Waals surface area contributed by atoms with E-state index in [1.807, 2.05) is 50.2 Å². The van der Waals surface area contributed by atoms with E-state index < -0.39 is 35.1 Å². The van der Waals surface area contributed by atoms with E-state index in [0.717, 1.165) is 16.8 Å². The molecule has 3 rings (SSSR count). The number of ether oxygens (including phenoxy) is 1. The van der Waals surface area contributed by atoms with Gasteiger partial charge in [-0.1, -0.05) is 62.4 Å². The Morgan fingerprint density at radius 1 is 1.12 bits per heavy atom. The van der Waals surface area contributed by atoms with Crippen LogP contribution in [0, 0.1) is 11.2 Å². The number of phenolic OH excluding ortho intramolecular Hbond substituents is 1. The standard InChI is InChI=1S/C26H27FN2O5/c1-26(2,15-6-5-12-23(31)29-33)24(18-13-14-22(30)20(27)16-18)34-25(32)28-21-11-7-9-17-8-3-4-10-19(17)21/h3-5,7-14,16,24,30,33H,6,15H2,1-2H3,(H,28,32)(H,29,31)/b12-5+/t24-/m0/s1. The highest BCUT2D eigenvalue weighted by atomic mass is 19.1. The van der Waals surface area contributed by atoms with Crippen molar-refractivity contribution in [1.29, 1.82) is 0 Å². The molecule has 0 bridgehead atoms.